The third-order valence-corrected chi connectivity index (χ3v) is 3.16. The summed E-state index contributed by atoms with van der Waals surface area (Å²) in [5.41, 5.74) is 5.04. The summed E-state index contributed by atoms with van der Waals surface area (Å²) in [7, 11) is 1.53. The van der Waals surface area contributed by atoms with E-state index < -0.39 is 17.6 Å². The van der Waals surface area contributed by atoms with Crippen LogP contribution < -0.4 is 15.8 Å². The molecule has 0 heterocycles. The van der Waals surface area contributed by atoms with Crippen LogP contribution in [-0.2, 0) is 12.7 Å². The van der Waals surface area contributed by atoms with Gasteiger partial charge < -0.3 is 15.8 Å². The zero-order valence-electron chi connectivity index (χ0n) is 13.1. The van der Waals surface area contributed by atoms with Crippen molar-refractivity contribution in [2.45, 2.75) is 12.7 Å². The average molecular weight is 469 g/mol. The molecular weight excluding hydrogens is 453 g/mol. The lowest BCUT2D eigenvalue weighted by molar-refractivity contribution is -0.138. The Morgan fingerprint density at radius 3 is 2.36 bits per heavy atom. The number of nitrogens with zero attached hydrogens (tertiary/aromatic N) is 1. The minimum Gasteiger partial charge on any atom is -0.497 e. The number of anilines is 1. The van der Waals surface area contributed by atoms with Crippen molar-refractivity contribution in [2.24, 2.45) is 10.7 Å². The number of nitrogens with two attached hydrogens (primary N) is 1. The highest BCUT2D eigenvalue weighted by atomic mass is 127. The summed E-state index contributed by atoms with van der Waals surface area (Å²) in [5, 5.41) is 2.75. The van der Waals surface area contributed by atoms with Crippen LogP contribution in [0.25, 0.3) is 0 Å². The molecule has 0 aliphatic heterocycles. The van der Waals surface area contributed by atoms with Crippen molar-refractivity contribution in [1.82, 2.24) is 0 Å². The lowest BCUT2D eigenvalue weighted by Gasteiger charge is -2.12. The standard InChI is InChI=1S/C16H15F4N3O.HI/c1-24-13-6-4-12(5-7-13)23-15(21)22-9-10-2-3-11(17)8-14(10)16(18,19)20;/h2-8H,9H2,1H3,(H3,21,22,23);1H. The van der Waals surface area contributed by atoms with Gasteiger partial charge in [-0.1, -0.05) is 6.07 Å². The zero-order chi connectivity index (χ0) is 17.7. The number of rotatable bonds is 4. The molecule has 2 rings (SSSR count). The van der Waals surface area contributed by atoms with E-state index in [1.807, 2.05) is 0 Å². The number of alkyl halides is 3. The molecule has 25 heavy (non-hydrogen) atoms. The Morgan fingerprint density at radius 2 is 1.80 bits per heavy atom. The summed E-state index contributed by atoms with van der Waals surface area (Å²) in [6, 6.07) is 9.18. The van der Waals surface area contributed by atoms with Gasteiger partial charge in [0.1, 0.15) is 11.6 Å². The Bertz CT molecular complexity index is 733. The maximum Gasteiger partial charge on any atom is 0.416 e. The second-order valence-corrected chi connectivity index (χ2v) is 4.85. The first kappa shape index (κ1) is 21.0. The fourth-order valence-corrected chi connectivity index (χ4v) is 1.98. The van der Waals surface area contributed by atoms with Crippen LogP contribution in [0.2, 0.25) is 0 Å². The quantitative estimate of drug-likeness (QED) is 0.302. The van der Waals surface area contributed by atoms with E-state index in [1.165, 1.54) is 7.11 Å². The molecule has 0 saturated carbocycles. The van der Waals surface area contributed by atoms with E-state index in [1.54, 1.807) is 24.3 Å². The number of methoxy groups -OCH3 is 1. The molecular formula is C16H16F4IN3O. The van der Waals surface area contributed by atoms with Crippen molar-refractivity contribution in [3.05, 3.63) is 59.4 Å². The summed E-state index contributed by atoms with van der Waals surface area (Å²) in [6.07, 6.45) is -4.66. The average Bonchev–Trinajstić information content (AvgIpc) is 2.53. The molecule has 0 saturated heterocycles. The molecule has 4 nitrogen and oxygen atoms in total. The molecule has 0 radical (unpaired) electrons. The van der Waals surface area contributed by atoms with Crippen molar-refractivity contribution in [1.29, 1.82) is 0 Å². The van der Waals surface area contributed by atoms with Crippen molar-refractivity contribution in [3.8, 4) is 5.75 Å². The fourth-order valence-electron chi connectivity index (χ4n) is 1.98. The summed E-state index contributed by atoms with van der Waals surface area (Å²) < 4.78 is 56.7. The lowest BCUT2D eigenvalue weighted by atomic mass is 10.1. The van der Waals surface area contributed by atoms with E-state index in [-0.39, 0.29) is 42.0 Å². The van der Waals surface area contributed by atoms with Crippen LogP contribution in [0.3, 0.4) is 0 Å². The molecule has 0 aromatic heterocycles. The first-order valence-corrected chi connectivity index (χ1v) is 6.86. The smallest absolute Gasteiger partial charge is 0.416 e. The van der Waals surface area contributed by atoms with Crippen LogP contribution in [-0.4, -0.2) is 13.1 Å². The van der Waals surface area contributed by atoms with E-state index in [0.717, 1.165) is 12.1 Å². The van der Waals surface area contributed by atoms with Gasteiger partial charge in [0.05, 0.1) is 19.2 Å². The van der Waals surface area contributed by atoms with Gasteiger partial charge in [-0.3, -0.25) is 0 Å². The van der Waals surface area contributed by atoms with Crippen molar-refractivity contribution in [3.63, 3.8) is 0 Å². The minimum atomic E-state index is -4.66. The van der Waals surface area contributed by atoms with Crippen LogP contribution in [0.4, 0.5) is 23.2 Å². The highest BCUT2D eigenvalue weighted by molar-refractivity contribution is 14.0. The molecule has 0 fully saturated rings. The first-order valence-electron chi connectivity index (χ1n) is 6.86. The molecule has 0 spiro atoms. The molecule has 0 amide bonds. The van der Waals surface area contributed by atoms with Gasteiger partial charge in [0.15, 0.2) is 5.96 Å². The zero-order valence-corrected chi connectivity index (χ0v) is 15.4. The van der Waals surface area contributed by atoms with E-state index in [0.29, 0.717) is 17.5 Å². The molecule has 136 valence electrons. The van der Waals surface area contributed by atoms with Crippen LogP contribution in [0.1, 0.15) is 11.1 Å². The minimum absolute atomic E-state index is 0. The number of aliphatic imine (C=N–C) groups is 1. The number of benzene rings is 2. The summed E-state index contributed by atoms with van der Waals surface area (Å²) in [5.74, 6) is -0.366. The van der Waals surface area contributed by atoms with Gasteiger partial charge in [-0.2, -0.15) is 13.2 Å². The van der Waals surface area contributed by atoms with Crippen LogP contribution >= 0.6 is 24.0 Å². The number of nitrogens with one attached hydrogen (secondary N) is 1. The van der Waals surface area contributed by atoms with Crippen LogP contribution in [0, 0.1) is 5.82 Å². The maximum absolute atomic E-state index is 13.0. The number of hydrogen-bond donors (Lipinski definition) is 2. The van der Waals surface area contributed by atoms with E-state index in [2.05, 4.69) is 10.3 Å². The number of halogens is 5. The monoisotopic (exact) mass is 469 g/mol. The normalized spacial score (nSPS) is 11.6. The van der Waals surface area contributed by atoms with Crippen molar-refractivity contribution < 1.29 is 22.3 Å². The maximum atomic E-state index is 13.0. The van der Waals surface area contributed by atoms with Crippen molar-refractivity contribution >= 4 is 35.6 Å². The number of hydrogen-bond acceptors (Lipinski definition) is 2. The Kier molecular flexibility index (Phi) is 7.46. The number of ether oxygens (including phenoxy) is 1. The van der Waals surface area contributed by atoms with E-state index in [4.69, 9.17) is 10.5 Å². The Hall–Kier alpha value is -2.04. The van der Waals surface area contributed by atoms with Crippen LogP contribution in [0.5, 0.6) is 5.75 Å². The SMILES string of the molecule is COc1ccc(NC(N)=NCc2ccc(F)cc2C(F)(F)F)cc1.I. The fraction of sp³-hybridized carbons (Fsp3) is 0.188. The molecule has 0 aliphatic rings. The van der Waals surface area contributed by atoms with E-state index in [9.17, 15) is 17.6 Å². The molecule has 2 aromatic rings. The molecule has 0 bridgehead atoms. The topological polar surface area (TPSA) is 59.6 Å². The Balaban J connectivity index is 0.00000312. The summed E-state index contributed by atoms with van der Waals surface area (Å²) in [6.45, 7) is -0.329. The summed E-state index contributed by atoms with van der Waals surface area (Å²) >= 11 is 0. The summed E-state index contributed by atoms with van der Waals surface area (Å²) in [4.78, 5) is 3.87. The van der Waals surface area contributed by atoms with Crippen LogP contribution in [0.15, 0.2) is 47.5 Å². The van der Waals surface area contributed by atoms with E-state index >= 15 is 0 Å². The Labute approximate surface area is 159 Å². The van der Waals surface area contributed by atoms with Crippen molar-refractivity contribution in [2.75, 3.05) is 12.4 Å². The lowest BCUT2D eigenvalue weighted by Crippen LogP contribution is -2.22. The molecule has 2 aromatic carbocycles. The highest BCUT2D eigenvalue weighted by Gasteiger charge is 2.33. The third kappa shape index (κ3) is 6.07. The van der Waals surface area contributed by atoms with Gasteiger partial charge in [0.25, 0.3) is 0 Å². The predicted molar refractivity (Wildman–Crippen MR) is 98.8 cm³/mol. The Morgan fingerprint density at radius 1 is 1.16 bits per heavy atom. The predicted octanol–water partition coefficient (Wildman–Crippen LogP) is 4.40. The molecule has 3 N–H and O–H groups in total. The molecule has 0 atom stereocenters. The van der Waals surface area contributed by atoms with Gasteiger partial charge in [-0.25, -0.2) is 9.38 Å². The largest absolute Gasteiger partial charge is 0.497 e. The van der Waals surface area contributed by atoms with Gasteiger partial charge in [0, 0.05) is 5.69 Å². The molecule has 9 heteroatoms. The second-order valence-electron chi connectivity index (χ2n) is 4.85. The van der Waals surface area contributed by atoms with Gasteiger partial charge >= 0.3 is 6.18 Å². The molecule has 0 aliphatic carbocycles. The number of guanidine groups is 1. The highest BCUT2D eigenvalue weighted by Crippen LogP contribution is 2.32. The third-order valence-electron chi connectivity index (χ3n) is 3.16. The van der Waals surface area contributed by atoms with Gasteiger partial charge in [-0.15, -0.1) is 24.0 Å². The molecule has 0 unspecified atom stereocenters. The van der Waals surface area contributed by atoms with Gasteiger partial charge in [0.2, 0.25) is 0 Å². The van der Waals surface area contributed by atoms with Gasteiger partial charge in [-0.05, 0) is 42.0 Å². The second kappa shape index (κ2) is 8.88. The first-order chi connectivity index (χ1) is 11.3.